The molecule has 1 spiro atoms. The molecule has 0 aromatic heterocycles. The molecule has 4 aliphatic rings. The first kappa shape index (κ1) is 22.8. The molecule has 1 saturated heterocycles. The third-order valence-electron chi connectivity index (χ3n) is 8.73. The van der Waals surface area contributed by atoms with Gasteiger partial charge in [-0.25, -0.2) is 0 Å². The second-order valence-electron chi connectivity index (χ2n) is 11.6. The van der Waals surface area contributed by atoms with E-state index in [1.165, 1.54) is 32.1 Å². The number of rotatable bonds is 3. The lowest BCUT2D eigenvalue weighted by atomic mass is 9.56. The van der Waals surface area contributed by atoms with Gasteiger partial charge in [0.25, 0.3) is 0 Å². The van der Waals surface area contributed by atoms with Crippen LogP contribution in [0.15, 0.2) is 0 Å². The molecule has 4 fully saturated rings. The smallest absolute Gasteiger partial charge is 0.193 e. The van der Waals surface area contributed by atoms with Crippen molar-refractivity contribution in [3.8, 4) is 11.8 Å². The summed E-state index contributed by atoms with van der Waals surface area (Å²) in [5.41, 5.74) is 0. The van der Waals surface area contributed by atoms with E-state index < -0.39 is 8.32 Å². The fourth-order valence-electron chi connectivity index (χ4n) is 5.77. The molecule has 0 bridgehead atoms. The second kappa shape index (κ2) is 8.52. The minimum Gasteiger partial charge on any atom is -0.403 e. The molecule has 170 valence electrons. The summed E-state index contributed by atoms with van der Waals surface area (Å²) in [6.07, 6.45) is 8.69. The molecule has 0 amide bonds. The highest BCUT2D eigenvalue weighted by Gasteiger charge is 2.62. The van der Waals surface area contributed by atoms with Gasteiger partial charge in [0, 0.05) is 18.3 Å². The molecule has 1 N–H and O–H groups in total. The number of fused-ring (bicyclic) bond motifs is 2. The monoisotopic (exact) mass is 434 g/mol. The van der Waals surface area contributed by atoms with Crippen molar-refractivity contribution in [3.63, 3.8) is 0 Å². The minimum absolute atomic E-state index is 0.00628. The van der Waals surface area contributed by atoms with Crippen molar-refractivity contribution in [2.45, 2.75) is 108 Å². The van der Waals surface area contributed by atoms with Crippen LogP contribution in [0.2, 0.25) is 18.1 Å². The molecule has 3 aliphatic carbocycles. The number of aliphatic hydroxyl groups is 1. The Labute approximate surface area is 184 Å². The summed E-state index contributed by atoms with van der Waals surface area (Å²) in [5, 5.41) is 11.0. The molecule has 0 radical (unpaired) electrons. The van der Waals surface area contributed by atoms with Crippen LogP contribution in [0.5, 0.6) is 0 Å². The van der Waals surface area contributed by atoms with Gasteiger partial charge in [-0.1, -0.05) is 51.9 Å². The van der Waals surface area contributed by atoms with E-state index in [4.69, 9.17) is 13.9 Å². The van der Waals surface area contributed by atoms with Crippen molar-refractivity contribution in [1.82, 2.24) is 0 Å². The Bertz CT molecular complexity index is 661. The van der Waals surface area contributed by atoms with Crippen molar-refractivity contribution >= 4 is 8.32 Å². The quantitative estimate of drug-likeness (QED) is 0.495. The first-order chi connectivity index (χ1) is 14.1. The highest BCUT2D eigenvalue weighted by atomic mass is 28.4. The van der Waals surface area contributed by atoms with Gasteiger partial charge in [-0.05, 0) is 55.7 Å². The number of ether oxygens (including phenoxy) is 2. The van der Waals surface area contributed by atoms with Gasteiger partial charge < -0.3 is 19.0 Å². The standard InChI is InChI=1S/C25H42O4Si/c1-24(2,3)30(4,5)29-23(18-9-7-6-8-10-18)14-11-19-20-17-25(27-15-16-28-25)21(20)12-13-22(19)26/h18-23,26H,6-10,12-13,15-17H2,1-5H3/t19-,20-,21+,22-,23?/m1/s1. The van der Waals surface area contributed by atoms with E-state index in [2.05, 4.69) is 45.7 Å². The van der Waals surface area contributed by atoms with Crippen LogP contribution in [-0.4, -0.2) is 44.6 Å². The van der Waals surface area contributed by atoms with Crippen LogP contribution in [-0.2, 0) is 13.9 Å². The van der Waals surface area contributed by atoms with E-state index in [0.29, 0.717) is 31.0 Å². The number of hydrogen-bond acceptors (Lipinski definition) is 4. The molecule has 0 aromatic rings. The molecule has 5 atom stereocenters. The summed E-state index contributed by atoms with van der Waals surface area (Å²) in [4.78, 5) is 0. The van der Waals surface area contributed by atoms with Crippen molar-refractivity contribution < 1.29 is 19.0 Å². The normalized spacial score (nSPS) is 35.3. The summed E-state index contributed by atoms with van der Waals surface area (Å²) < 4.78 is 18.8. The van der Waals surface area contributed by atoms with Gasteiger partial charge in [-0.2, -0.15) is 0 Å². The Hall–Kier alpha value is -0.383. The largest absolute Gasteiger partial charge is 0.403 e. The third-order valence-corrected chi connectivity index (χ3v) is 13.2. The first-order valence-electron chi connectivity index (χ1n) is 12.3. The van der Waals surface area contributed by atoms with Crippen LogP contribution in [0.3, 0.4) is 0 Å². The molecule has 4 rings (SSSR count). The lowest BCUT2D eigenvalue weighted by Crippen LogP contribution is -2.60. The summed E-state index contributed by atoms with van der Waals surface area (Å²) >= 11 is 0. The molecule has 1 aliphatic heterocycles. The zero-order valence-electron chi connectivity index (χ0n) is 19.7. The number of hydrogen-bond donors (Lipinski definition) is 1. The lowest BCUT2D eigenvalue weighted by Gasteiger charge is -2.56. The summed E-state index contributed by atoms with van der Waals surface area (Å²) in [6, 6.07) is 0. The molecule has 4 nitrogen and oxygen atoms in total. The van der Waals surface area contributed by atoms with Gasteiger partial charge in [0.05, 0.1) is 19.3 Å². The number of aliphatic hydroxyl groups excluding tert-OH is 1. The fourth-order valence-corrected chi connectivity index (χ4v) is 7.01. The van der Waals surface area contributed by atoms with E-state index >= 15 is 0 Å². The van der Waals surface area contributed by atoms with Crippen molar-refractivity contribution in [2.75, 3.05) is 13.2 Å². The molecule has 30 heavy (non-hydrogen) atoms. The van der Waals surface area contributed by atoms with E-state index in [1.807, 2.05) is 0 Å². The maximum atomic E-state index is 10.8. The molecular formula is C25H42O4Si. The van der Waals surface area contributed by atoms with Gasteiger partial charge in [-0.3, -0.25) is 0 Å². The van der Waals surface area contributed by atoms with Crippen LogP contribution in [0.1, 0.15) is 72.1 Å². The molecule has 1 unspecified atom stereocenters. The highest BCUT2D eigenvalue weighted by molar-refractivity contribution is 6.74. The van der Waals surface area contributed by atoms with Crippen LogP contribution in [0.4, 0.5) is 0 Å². The van der Waals surface area contributed by atoms with Crippen molar-refractivity contribution in [1.29, 1.82) is 0 Å². The predicted octanol–water partition coefficient (Wildman–Crippen LogP) is 5.11. The van der Waals surface area contributed by atoms with E-state index in [0.717, 1.165) is 19.3 Å². The van der Waals surface area contributed by atoms with Crippen molar-refractivity contribution in [3.05, 3.63) is 0 Å². The Morgan fingerprint density at radius 2 is 1.70 bits per heavy atom. The van der Waals surface area contributed by atoms with Gasteiger partial charge in [-0.15, -0.1) is 0 Å². The topological polar surface area (TPSA) is 47.9 Å². The summed E-state index contributed by atoms with van der Waals surface area (Å²) in [6.45, 7) is 13.0. The van der Waals surface area contributed by atoms with E-state index in [-0.39, 0.29) is 29.0 Å². The highest BCUT2D eigenvalue weighted by Crippen LogP contribution is 2.57. The third kappa shape index (κ3) is 4.28. The van der Waals surface area contributed by atoms with Crippen molar-refractivity contribution in [2.24, 2.45) is 23.7 Å². The molecule has 3 saturated carbocycles. The first-order valence-corrected chi connectivity index (χ1v) is 15.2. The maximum Gasteiger partial charge on any atom is 0.193 e. The molecule has 5 heteroatoms. The lowest BCUT2D eigenvalue weighted by molar-refractivity contribution is -0.296. The summed E-state index contributed by atoms with van der Waals surface area (Å²) in [7, 11) is -1.90. The Balaban J connectivity index is 1.52. The predicted molar refractivity (Wildman–Crippen MR) is 121 cm³/mol. The van der Waals surface area contributed by atoms with Crippen LogP contribution in [0, 0.1) is 35.5 Å². The second-order valence-corrected chi connectivity index (χ2v) is 16.4. The van der Waals surface area contributed by atoms with Gasteiger partial charge in [0.1, 0.15) is 6.10 Å². The van der Waals surface area contributed by atoms with E-state index in [1.54, 1.807) is 0 Å². The Kier molecular flexibility index (Phi) is 6.47. The molecular weight excluding hydrogens is 392 g/mol. The van der Waals surface area contributed by atoms with Gasteiger partial charge in [0.15, 0.2) is 14.1 Å². The maximum absolute atomic E-state index is 10.8. The van der Waals surface area contributed by atoms with Gasteiger partial charge in [0.2, 0.25) is 0 Å². The SMILES string of the molecule is CC(C)(C)[Si](C)(C)OC(C#C[C@@H]1[C@H]2CC3(OCCO3)[C@H]2CC[C@H]1O)C1CCCCC1. The average molecular weight is 435 g/mol. The zero-order chi connectivity index (χ0) is 21.6. The Morgan fingerprint density at radius 3 is 2.33 bits per heavy atom. The zero-order valence-corrected chi connectivity index (χ0v) is 20.7. The van der Waals surface area contributed by atoms with Crippen LogP contribution in [0.25, 0.3) is 0 Å². The van der Waals surface area contributed by atoms with E-state index in [9.17, 15) is 5.11 Å². The van der Waals surface area contributed by atoms with Crippen LogP contribution >= 0.6 is 0 Å². The minimum atomic E-state index is -1.90. The average Bonchev–Trinajstić information content (AvgIpc) is 3.17. The van der Waals surface area contributed by atoms with Gasteiger partial charge >= 0.3 is 0 Å². The molecule has 1 heterocycles. The molecule has 0 aromatic carbocycles. The summed E-state index contributed by atoms with van der Waals surface area (Å²) in [5.74, 6) is 8.13. The fraction of sp³-hybridized carbons (Fsp3) is 0.920. The Morgan fingerprint density at radius 1 is 1.03 bits per heavy atom. The van der Waals surface area contributed by atoms with Crippen LogP contribution < -0.4 is 0 Å².